The quantitative estimate of drug-likeness (QED) is 0.610. The van der Waals surface area contributed by atoms with Crippen molar-refractivity contribution in [3.63, 3.8) is 0 Å². The number of benzene rings is 1. The average molecular weight is 385 g/mol. The molecular formula is C18H26Cl2N4O. The Morgan fingerprint density at radius 2 is 1.68 bits per heavy atom. The van der Waals surface area contributed by atoms with Crippen LogP contribution in [0.15, 0.2) is 54.7 Å². The van der Waals surface area contributed by atoms with Crippen LogP contribution in [-0.4, -0.2) is 24.0 Å². The highest BCUT2D eigenvalue weighted by Crippen LogP contribution is 2.17. The van der Waals surface area contributed by atoms with Gasteiger partial charge >= 0.3 is 0 Å². The molecule has 0 saturated carbocycles. The van der Waals surface area contributed by atoms with E-state index in [1.807, 2.05) is 48.5 Å². The molecule has 0 saturated heterocycles. The van der Waals surface area contributed by atoms with Crippen molar-refractivity contribution in [2.24, 2.45) is 5.73 Å². The van der Waals surface area contributed by atoms with Crippen LogP contribution < -0.4 is 16.4 Å². The molecule has 0 aliphatic rings. The van der Waals surface area contributed by atoms with E-state index in [2.05, 4.69) is 15.6 Å². The van der Waals surface area contributed by atoms with Gasteiger partial charge in [-0.1, -0.05) is 36.4 Å². The Kier molecular flexibility index (Phi) is 10.8. The van der Waals surface area contributed by atoms with Crippen LogP contribution in [-0.2, 0) is 10.3 Å². The van der Waals surface area contributed by atoms with Crippen LogP contribution in [0.2, 0.25) is 0 Å². The fourth-order valence-electron chi connectivity index (χ4n) is 2.23. The fourth-order valence-corrected chi connectivity index (χ4v) is 2.23. The van der Waals surface area contributed by atoms with Crippen LogP contribution >= 0.6 is 24.8 Å². The number of anilines is 1. The summed E-state index contributed by atoms with van der Waals surface area (Å²) >= 11 is 0. The second-order valence-corrected chi connectivity index (χ2v) is 5.67. The lowest BCUT2D eigenvalue weighted by molar-refractivity contribution is -0.126. The van der Waals surface area contributed by atoms with E-state index in [9.17, 15) is 4.79 Å². The zero-order valence-corrected chi connectivity index (χ0v) is 15.9. The summed E-state index contributed by atoms with van der Waals surface area (Å²) in [5, 5.41) is 6.15. The van der Waals surface area contributed by atoms with Crippen LogP contribution in [0.5, 0.6) is 0 Å². The number of hydrogen-bond acceptors (Lipinski definition) is 4. The van der Waals surface area contributed by atoms with Gasteiger partial charge in [-0.15, -0.1) is 24.8 Å². The molecule has 1 aromatic heterocycles. The van der Waals surface area contributed by atoms with Crippen molar-refractivity contribution >= 4 is 36.5 Å². The van der Waals surface area contributed by atoms with Crippen molar-refractivity contribution in [1.29, 1.82) is 0 Å². The normalized spacial score (nSPS) is 12.1. The number of nitrogens with zero attached hydrogens (tertiary/aromatic N) is 1. The van der Waals surface area contributed by atoms with Crippen molar-refractivity contribution in [3.05, 3.63) is 60.3 Å². The summed E-state index contributed by atoms with van der Waals surface area (Å²) in [6.45, 7) is 3.17. The van der Waals surface area contributed by atoms with E-state index >= 15 is 0 Å². The second kappa shape index (κ2) is 11.7. The molecule has 0 aliphatic heterocycles. The van der Waals surface area contributed by atoms with Crippen LogP contribution in [0.1, 0.15) is 25.3 Å². The first-order valence-electron chi connectivity index (χ1n) is 7.88. The van der Waals surface area contributed by atoms with Gasteiger partial charge in [-0.25, -0.2) is 4.98 Å². The molecule has 0 radical (unpaired) electrons. The Morgan fingerprint density at radius 1 is 1.04 bits per heavy atom. The van der Waals surface area contributed by atoms with Crippen molar-refractivity contribution in [1.82, 2.24) is 10.3 Å². The van der Waals surface area contributed by atoms with Gasteiger partial charge in [0.25, 0.3) is 0 Å². The molecule has 138 valence electrons. The van der Waals surface area contributed by atoms with Gasteiger partial charge in [0.2, 0.25) is 5.91 Å². The lowest BCUT2D eigenvalue weighted by atomic mass is 9.92. The van der Waals surface area contributed by atoms with Crippen molar-refractivity contribution in [2.75, 3.05) is 18.4 Å². The fraction of sp³-hybridized carbons (Fsp3) is 0.333. The second-order valence-electron chi connectivity index (χ2n) is 5.67. The maximum absolute atomic E-state index is 12.3. The molecular weight excluding hydrogens is 359 g/mol. The molecule has 1 unspecified atom stereocenters. The summed E-state index contributed by atoms with van der Waals surface area (Å²) in [5.74, 6) is 0.719. The number of amides is 1. The molecule has 2 rings (SSSR count). The summed E-state index contributed by atoms with van der Waals surface area (Å²) in [5.41, 5.74) is 5.97. The molecule has 5 nitrogen and oxygen atoms in total. The van der Waals surface area contributed by atoms with E-state index in [0.717, 1.165) is 30.8 Å². The number of carbonyl (C=O) groups excluding carboxylic acids is 1. The Bertz CT molecular complexity index is 609. The highest BCUT2D eigenvalue weighted by molar-refractivity contribution is 5.87. The van der Waals surface area contributed by atoms with E-state index in [0.29, 0.717) is 6.54 Å². The summed E-state index contributed by atoms with van der Waals surface area (Å²) < 4.78 is 0. The van der Waals surface area contributed by atoms with Gasteiger partial charge in [0.05, 0.1) is 0 Å². The smallest absolute Gasteiger partial charge is 0.244 e. The van der Waals surface area contributed by atoms with Crippen LogP contribution in [0.4, 0.5) is 5.82 Å². The lowest BCUT2D eigenvalue weighted by Gasteiger charge is -2.24. The first-order valence-corrected chi connectivity index (χ1v) is 7.88. The minimum Gasteiger partial charge on any atom is -0.370 e. The number of hydrogen-bond donors (Lipinski definition) is 3. The van der Waals surface area contributed by atoms with E-state index in [4.69, 9.17) is 5.73 Å². The number of pyridine rings is 1. The molecule has 1 aromatic carbocycles. The van der Waals surface area contributed by atoms with Gasteiger partial charge in [-0.3, -0.25) is 4.79 Å². The largest absolute Gasteiger partial charge is 0.370 e. The Labute approximate surface area is 161 Å². The zero-order valence-electron chi connectivity index (χ0n) is 14.3. The van der Waals surface area contributed by atoms with E-state index in [1.165, 1.54) is 0 Å². The number of carbonyl (C=O) groups is 1. The number of aromatic nitrogens is 1. The first kappa shape index (κ1) is 23.2. The number of unbranched alkanes of at least 4 members (excludes halogenated alkanes) is 1. The molecule has 4 N–H and O–H groups in total. The summed E-state index contributed by atoms with van der Waals surface area (Å²) in [7, 11) is 0. The topological polar surface area (TPSA) is 80.0 Å². The third-order valence-electron chi connectivity index (χ3n) is 3.71. The predicted octanol–water partition coefficient (Wildman–Crippen LogP) is 3.11. The van der Waals surface area contributed by atoms with Gasteiger partial charge in [-0.2, -0.15) is 0 Å². The third-order valence-corrected chi connectivity index (χ3v) is 3.71. The van der Waals surface area contributed by atoms with Crippen molar-refractivity contribution in [2.45, 2.75) is 25.3 Å². The van der Waals surface area contributed by atoms with Crippen LogP contribution in [0.25, 0.3) is 0 Å². The highest BCUT2D eigenvalue weighted by atomic mass is 35.5. The van der Waals surface area contributed by atoms with E-state index < -0.39 is 5.54 Å². The van der Waals surface area contributed by atoms with Gasteiger partial charge in [0, 0.05) is 19.3 Å². The molecule has 0 bridgehead atoms. The highest BCUT2D eigenvalue weighted by Gasteiger charge is 2.29. The standard InChI is InChI=1S/C18H24N4O.2ClH/c1-18(19,15-9-3-2-4-10-15)17(23)22-14-8-7-13-21-16-11-5-6-12-20-16;;/h2-6,9-12H,7-8,13-14,19H2,1H3,(H,20,21)(H,22,23);2*1H. The van der Waals surface area contributed by atoms with E-state index in [1.54, 1.807) is 13.1 Å². The average Bonchev–Trinajstić information content (AvgIpc) is 2.59. The monoisotopic (exact) mass is 384 g/mol. The first-order chi connectivity index (χ1) is 11.1. The van der Waals surface area contributed by atoms with Gasteiger partial charge in [0.1, 0.15) is 11.4 Å². The number of rotatable bonds is 8. The Hall–Kier alpha value is -1.82. The molecule has 7 heteroatoms. The summed E-state index contributed by atoms with van der Waals surface area (Å²) in [4.78, 5) is 16.5. The minimum absolute atomic E-state index is 0. The van der Waals surface area contributed by atoms with Gasteiger partial charge in [-0.05, 0) is 37.5 Å². The Morgan fingerprint density at radius 3 is 2.32 bits per heavy atom. The van der Waals surface area contributed by atoms with Gasteiger partial charge in [0.15, 0.2) is 0 Å². The third kappa shape index (κ3) is 7.30. The predicted molar refractivity (Wildman–Crippen MR) is 107 cm³/mol. The molecule has 1 atom stereocenters. The summed E-state index contributed by atoms with van der Waals surface area (Å²) in [6.07, 6.45) is 3.59. The van der Waals surface area contributed by atoms with Gasteiger partial charge < -0.3 is 16.4 Å². The zero-order chi connectivity index (χ0) is 16.5. The Balaban J connectivity index is 0.00000288. The maximum Gasteiger partial charge on any atom is 0.244 e. The lowest BCUT2D eigenvalue weighted by Crippen LogP contribution is -2.49. The van der Waals surface area contributed by atoms with Crippen LogP contribution in [0, 0.1) is 0 Å². The van der Waals surface area contributed by atoms with Crippen molar-refractivity contribution < 1.29 is 4.79 Å². The number of nitrogens with one attached hydrogen (secondary N) is 2. The molecule has 1 amide bonds. The molecule has 0 aliphatic carbocycles. The molecule has 25 heavy (non-hydrogen) atoms. The van der Waals surface area contributed by atoms with Crippen molar-refractivity contribution in [3.8, 4) is 0 Å². The molecule has 2 aromatic rings. The summed E-state index contributed by atoms with van der Waals surface area (Å²) in [6, 6.07) is 15.2. The SMILES string of the molecule is CC(N)(C(=O)NCCCCNc1ccccn1)c1ccccc1.Cl.Cl. The minimum atomic E-state index is -1.01. The van der Waals surface area contributed by atoms with Crippen LogP contribution in [0.3, 0.4) is 0 Å². The molecule has 0 fully saturated rings. The number of halogens is 2. The molecule has 0 spiro atoms. The maximum atomic E-state index is 12.3. The number of nitrogens with two attached hydrogens (primary N) is 1. The van der Waals surface area contributed by atoms with E-state index in [-0.39, 0.29) is 30.7 Å². The molecule has 1 heterocycles.